The number of ether oxygens (including phenoxy) is 1. The minimum atomic E-state index is -0.409. The van der Waals surface area contributed by atoms with E-state index in [-0.39, 0.29) is 6.61 Å². The van der Waals surface area contributed by atoms with E-state index in [0.29, 0.717) is 28.4 Å². The Balaban J connectivity index is 2.03. The molecule has 0 unspecified atom stereocenters. The molecule has 6 nitrogen and oxygen atoms in total. The Morgan fingerprint density at radius 3 is 2.70 bits per heavy atom. The number of carbonyl (C=O) groups excluding carboxylic acids is 2. The second-order valence-corrected chi connectivity index (χ2v) is 4.13. The highest BCUT2D eigenvalue weighted by molar-refractivity contribution is 5.94. The highest BCUT2D eigenvalue weighted by atomic mass is 16.5. The summed E-state index contributed by atoms with van der Waals surface area (Å²) in [6.07, 6.45) is 0.761. The lowest BCUT2D eigenvalue weighted by Crippen LogP contribution is -2.30. The SMILES string of the molecule is Cc1oc(COc2ccc(C=O)cc2)cc1C(=O)NN. The Labute approximate surface area is 115 Å². The summed E-state index contributed by atoms with van der Waals surface area (Å²) >= 11 is 0. The van der Waals surface area contributed by atoms with Crippen molar-refractivity contribution in [1.82, 2.24) is 5.43 Å². The zero-order valence-electron chi connectivity index (χ0n) is 10.9. The fourth-order valence-corrected chi connectivity index (χ4v) is 1.72. The van der Waals surface area contributed by atoms with Crippen molar-refractivity contribution >= 4 is 12.2 Å². The van der Waals surface area contributed by atoms with Crippen LogP contribution in [0.25, 0.3) is 0 Å². The van der Waals surface area contributed by atoms with Crippen molar-refractivity contribution in [2.75, 3.05) is 0 Å². The van der Waals surface area contributed by atoms with Crippen LogP contribution in [0, 0.1) is 6.92 Å². The van der Waals surface area contributed by atoms with Gasteiger partial charge in [-0.1, -0.05) is 0 Å². The summed E-state index contributed by atoms with van der Waals surface area (Å²) in [5, 5.41) is 0. The first-order valence-corrected chi connectivity index (χ1v) is 5.92. The van der Waals surface area contributed by atoms with E-state index in [2.05, 4.69) is 0 Å². The number of aldehydes is 1. The van der Waals surface area contributed by atoms with Gasteiger partial charge in [0.1, 0.15) is 30.2 Å². The Kier molecular flexibility index (Phi) is 4.17. The molecule has 3 N–H and O–H groups in total. The molecule has 6 heteroatoms. The van der Waals surface area contributed by atoms with Gasteiger partial charge < -0.3 is 9.15 Å². The average Bonchev–Trinajstić information content (AvgIpc) is 2.86. The topological polar surface area (TPSA) is 94.6 Å². The molecule has 1 aromatic carbocycles. The number of hydrogen-bond acceptors (Lipinski definition) is 5. The van der Waals surface area contributed by atoms with Gasteiger partial charge in [-0.2, -0.15) is 0 Å². The number of nitrogen functional groups attached to an aromatic ring is 1. The Hall–Kier alpha value is -2.60. The van der Waals surface area contributed by atoms with Crippen molar-refractivity contribution in [1.29, 1.82) is 0 Å². The molecule has 1 aromatic heterocycles. The summed E-state index contributed by atoms with van der Waals surface area (Å²) < 4.78 is 10.9. The second-order valence-electron chi connectivity index (χ2n) is 4.13. The zero-order valence-corrected chi connectivity index (χ0v) is 10.9. The van der Waals surface area contributed by atoms with E-state index >= 15 is 0 Å². The number of rotatable bonds is 5. The fourth-order valence-electron chi connectivity index (χ4n) is 1.72. The Morgan fingerprint density at radius 1 is 1.40 bits per heavy atom. The molecular weight excluding hydrogens is 260 g/mol. The summed E-state index contributed by atoms with van der Waals surface area (Å²) in [7, 11) is 0. The average molecular weight is 274 g/mol. The third-order valence-corrected chi connectivity index (χ3v) is 2.74. The summed E-state index contributed by atoms with van der Waals surface area (Å²) in [5.74, 6) is 6.26. The molecule has 0 atom stereocenters. The number of benzene rings is 1. The van der Waals surface area contributed by atoms with Crippen molar-refractivity contribution in [3.63, 3.8) is 0 Å². The van der Waals surface area contributed by atoms with Crippen molar-refractivity contribution in [3.05, 3.63) is 53.0 Å². The maximum Gasteiger partial charge on any atom is 0.268 e. The van der Waals surface area contributed by atoms with Crippen molar-refractivity contribution in [3.8, 4) is 5.75 Å². The van der Waals surface area contributed by atoms with Crippen LogP contribution in [0.3, 0.4) is 0 Å². The number of aryl methyl sites for hydroxylation is 1. The molecule has 0 saturated carbocycles. The molecule has 0 saturated heterocycles. The third-order valence-electron chi connectivity index (χ3n) is 2.74. The first-order chi connectivity index (χ1) is 9.63. The molecule has 1 heterocycles. The first-order valence-electron chi connectivity index (χ1n) is 5.92. The summed E-state index contributed by atoms with van der Waals surface area (Å²) in [5.41, 5.74) is 3.00. The van der Waals surface area contributed by atoms with Crippen LogP contribution in [-0.4, -0.2) is 12.2 Å². The molecule has 104 valence electrons. The van der Waals surface area contributed by atoms with Gasteiger partial charge in [-0.05, 0) is 37.3 Å². The Morgan fingerprint density at radius 2 is 2.10 bits per heavy atom. The molecule has 0 radical (unpaired) electrons. The van der Waals surface area contributed by atoms with Crippen LogP contribution in [-0.2, 0) is 6.61 Å². The first kappa shape index (κ1) is 13.8. The molecule has 2 rings (SSSR count). The van der Waals surface area contributed by atoms with Crippen LogP contribution in [0.2, 0.25) is 0 Å². The lowest BCUT2D eigenvalue weighted by Gasteiger charge is -2.03. The molecule has 2 aromatic rings. The van der Waals surface area contributed by atoms with Gasteiger partial charge in [-0.25, -0.2) is 5.84 Å². The van der Waals surface area contributed by atoms with E-state index in [4.69, 9.17) is 15.0 Å². The highest BCUT2D eigenvalue weighted by Crippen LogP contribution is 2.18. The molecule has 20 heavy (non-hydrogen) atoms. The van der Waals surface area contributed by atoms with Gasteiger partial charge in [0.2, 0.25) is 0 Å². The number of amides is 1. The summed E-state index contributed by atoms with van der Waals surface area (Å²) in [6, 6.07) is 8.27. The molecule has 0 fully saturated rings. The largest absolute Gasteiger partial charge is 0.486 e. The number of furan rings is 1. The van der Waals surface area contributed by atoms with Gasteiger partial charge in [-0.15, -0.1) is 0 Å². The number of hydrogen-bond donors (Lipinski definition) is 2. The normalized spacial score (nSPS) is 10.1. The van der Waals surface area contributed by atoms with Gasteiger partial charge in [0.15, 0.2) is 0 Å². The van der Waals surface area contributed by atoms with E-state index in [9.17, 15) is 9.59 Å². The molecule has 0 spiro atoms. The van der Waals surface area contributed by atoms with Gasteiger partial charge in [0.25, 0.3) is 5.91 Å². The minimum absolute atomic E-state index is 0.180. The maximum atomic E-state index is 11.4. The van der Waals surface area contributed by atoms with Gasteiger partial charge in [0, 0.05) is 5.56 Å². The zero-order chi connectivity index (χ0) is 14.5. The van der Waals surface area contributed by atoms with Crippen LogP contribution in [0.15, 0.2) is 34.7 Å². The van der Waals surface area contributed by atoms with Gasteiger partial charge in [0.05, 0.1) is 5.56 Å². The number of hydrazine groups is 1. The van der Waals surface area contributed by atoms with Crippen LogP contribution in [0.4, 0.5) is 0 Å². The second kappa shape index (κ2) is 6.03. The smallest absolute Gasteiger partial charge is 0.268 e. The number of carbonyl (C=O) groups is 2. The Bertz CT molecular complexity index is 617. The predicted octanol–water partition coefficient (Wildman–Crippen LogP) is 1.58. The fraction of sp³-hybridized carbons (Fsp3) is 0.143. The molecule has 0 aliphatic carbocycles. The third kappa shape index (κ3) is 3.04. The number of nitrogens with two attached hydrogens (primary N) is 1. The van der Waals surface area contributed by atoms with E-state index in [1.807, 2.05) is 5.43 Å². The van der Waals surface area contributed by atoms with Crippen LogP contribution < -0.4 is 16.0 Å². The summed E-state index contributed by atoms with van der Waals surface area (Å²) in [4.78, 5) is 21.9. The summed E-state index contributed by atoms with van der Waals surface area (Å²) in [6.45, 7) is 1.85. The van der Waals surface area contributed by atoms with E-state index in [1.54, 1.807) is 37.3 Å². The van der Waals surface area contributed by atoms with Crippen LogP contribution in [0.1, 0.15) is 32.2 Å². The molecule has 0 aliphatic rings. The van der Waals surface area contributed by atoms with Crippen molar-refractivity contribution in [2.45, 2.75) is 13.5 Å². The molecule has 1 amide bonds. The van der Waals surface area contributed by atoms with Crippen LogP contribution >= 0.6 is 0 Å². The van der Waals surface area contributed by atoms with Crippen LogP contribution in [0.5, 0.6) is 5.75 Å². The van der Waals surface area contributed by atoms with Gasteiger partial charge in [-0.3, -0.25) is 15.0 Å². The van der Waals surface area contributed by atoms with Gasteiger partial charge >= 0.3 is 0 Å². The monoisotopic (exact) mass is 274 g/mol. The molecule has 0 aliphatic heterocycles. The predicted molar refractivity (Wildman–Crippen MR) is 71.3 cm³/mol. The number of nitrogens with one attached hydrogen (secondary N) is 1. The molecular formula is C14H14N2O4. The maximum absolute atomic E-state index is 11.4. The van der Waals surface area contributed by atoms with E-state index < -0.39 is 5.91 Å². The lowest BCUT2D eigenvalue weighted by atomic mass is 10.2. The van der Waals surface area contributed by atoms with E-state index in [0.717, 1.165) is 6.29 Å². The van der Waals surface area contributed by atoms with Crippen molar-refractivity contribution in [2.24, 2.45) is 5.84 Å². The van der Waals surface area contributed by atoms with E-state index in [1.165, 1.54) is 0 Å². The lowest BCUT2D eigenvalue weighted by molar-refractivity contribution is 0.0952. The quantitative estimate of drug-likeness (QED) is 0.373. The standard InChI is InChI=1S/C14H14N2O4/c1-9-13(14(18)16-15)6-12(20-9)8-19-11-4-2-10(7-17)3-5-11/h2-7H,8,15H2,1H3,(H,16,18). The minimum Gasteiger partial charge on any atom is -0.486 e. The highest BCUT2D eigenvalue weighted by Gasteiger charge is 2.14. The molecule has 0 bridgehead atoms. The van der Waals surface area contributed by atoms with Crippen molar-refractivity contribution < 1.29 is 18.7 Å².